The van der Waals surface area contributed by atoms with Gasteiger partial charge in [0, 0.05) is 11.2 Å². The van der Waals surface area contributed by atoms with Crippen LogP contribution in [0.25, 0.3) is 10.1 Å². The molecule has 0 aliphatic carbocycles. The smallest absolute Gasteiger partial charge is 0.264 e. The van der Waals surface area contributed by atoms with E-state index in [2.05, 4.69) is 0 Å². The molecule has 5 heteroatoms. The van der Waals surface area contributed by atoms with Crippen LogP contribution in [0, 0.1) is 5.82 Å². The summed E-state index contributed by atoms with van der Waals surface area (Å²) in [5.74, 6) is -0.346. The summed E-state index contributed by atoms with van der Waals surface area (Å²) in [4.78, 5) is 14.7. The molecule has 0 bridgehead atoms. The van der Waals surface area contributed by atoms with Gasteiger partial charge in [0.15, 0.2) is 0 Å². The number of carbonyl (C=O) groups excluding carboxylic acids is 1. The lowest BCUT2D eigenvalue weighted by Gasteiger charge is -2.22. The van der Waals surface area contributed by atoms with Crippen molar-refractivity contribution in [1.29, 1.82) is 0 Å². The number of rotatable bonds is 2. The molecule has 1 amide bonds. The first-order valence-corrected chi connectivity index (χ1v) is 7.11. The van der Waals surface area contributed by atoms with Crippen LogP contribution in [0.5, 0.6) is 0 Å². The molecule has 1 aliphatic heterocycles. The first-order valence-electron chi connectivity index (χ1n) is 6.30. The van der Waals surface area contributed by atoms with E-state index in [9.17, 15) is 14.3 Å². The number of amides is 1. The predicted molar refractivity (Wildman–Crippen MR) is 72.9 cm³/mol. The first-order chi connectivity index (χ1) is 9.19. The summed E-state index contributed by atoms with van der Waals surface area (Å²) in [6.45, 7) is 0.692. The third-order valence-corrected chi connectivity index (χ3v) is 4.63. The van der Waals surface area contributed by atoms with E-state index in [-0.39, 0.29) is 24.4 Å². The Labute approximate surface area is 114 Å². The number of hydrogen-bond acceptors (Lipinski definition) is 3. The molecular formula is C14H14FNO2S. The highest BCUT2D eigenvalue weighted by Gasteiger charge is 2.29. The highest BCUT2D eigenvalue weighted by Crippen LogP contribution is 2.29. The molecule has 1 saturated heterocycles. The largest absolute Gasteiger partial charge is 0.394 e. The summed E-state index contributed by atoms with van der Waals surface area (Å²) in [5, 5.41) is 10.2. The van der Waals surface area contributed by atoms with Gasteiger partial charge in [0.1, 0.15) is 5.82 Å². The fourth-order valence-corrected chi connectivity index (χ4v) is 3.59. The number of hydrogen-bond donors (Lipinski definition) is 1. The van der Waals surface area contributed by atoms with E-state index in [1.54, 1.807) is 17.0 Å². The van der Waals surface area contributed by atoms with Crippen molar-refractivity contribution in [2.75, 3.05) is 13.2 Å². The van der Waals surface area contributed by atoms with Gasteiger partial charge in [-0.25, -0.2) is 4.39 Å². The average molecular weight is 279 g/mol. The van der Waals surface area contributed by atoms with Crippen molar-refractivity contribution in [3.8, 4) is 0 Å². The minimum Gasteiger partial charge on any atom is -0.394 e. The summed E-state index contributed by atoms with van der Waals surface area (Å²) >= 11 is 1.31. The highest BCUT2D eigenvalue weighted by atomic mass is 32.1. The minimum absolute atomic E-state index is 0.00522. The lowest BCUT2D eigenvalue weighted by Crippen LogP contribution is -2.37. The van der Waals surface area contributed by atoms with Crippen molar-refractivity contribution in [1.82, 2.24) is 4.90 Å². The maximum absolute atomic E-state index is 13.1. The molecule has 2 aromatic rings. The SMILES string of the molecule is O=C(c1cc2ccc(F)cc2s1)N1CCCC1CO. The van der Waals surface area contributed by atoms with E-state index in [4.69, 9.17) is 0 Å². The zero-order valence-corrected chi connectivity index (χ0v) is 11.1. The Bertz CT molecular complexity index is 625. The number of thiophene rings is 1. The van der Waals surface area contributed by atoms with Crippen molar-refractivity contribution < 1.29 is 14.3 Å². The second-order valence-corrected chi connectivity index (χ2v) is 5.85. The van der Waals surface area contributed by atoms with Gasteiger partial charge in [-0.3, -0.25) is 4.79 Å². The van der Waals surface area contributed by atoms with Gasteiger partial charge in [-0.2, -0.15) is 0 Å². The molecule has 1 N–H and O–H groups in total. The molecule has 19 heavy (non-hydrogen) atoms. The van der Waals surface area contributed by atoms with Gasteiger partial charge < -0.3 is 10.0 Å². The van der Waals surface area contributed by atoms with Gasteiger partial charge in [-0.1, -0.05) is 6.07 Å². The summed E-state index contributed by atoms with van der Waals surface area (Å²) < 4.78 is 13.9. The molecule has 3 rings (SSSR count). The van der Waals surface area contributed by atoms with Gasteiger partial charge in [0.05, 0.1) is 17.5 Å². The number of fused-ring (bicyclic) bond motifs is 1. The molecule has 0 radical (unpaired) electrons. The van der Waals surface area contributed by atoms with Crippen LogP contribution in [-0.2, 0) is 0 Å². The Morgan fingerprint density at radius 3 is 3.11 bits per heavy atom. The molecular weight excluding hydrogens is 265 g/mol. The number of likely N-dealkylation sites (tertiary alicyclic amines) is 1. The molecule has 0 saturated carbocycles. The van der Waals surface area contributed by atoms with Gasteiger partial charge in [0.25, 0.3) is 5.91 Å². The van der Waals surface area contributed by atoms with E-state index < -0.39 is 0 Å². The summed E-state index contributed by atoms with van der Waals surface area (Å²) in [6, 6.07) is 6.26. The van der Waals surface area contributed by atoms with E-state index in [1.807, 2.05) is 0 Å². The number of benzene rings is 1. The van der Waals surface area contributed by atoms with Crippen molar-refractivity contribution in [2.45, 2.75) is 18.9 Å². The van der Waals surface area contributed by atoms with Gasteiger partial charge >= 0.3 is 0 Å². The minimum atomic E-state index is -0.289. The fourth-order valence-electron chi connectivity index (χ4n) is 2.54. The Hall–Kier alpha value is -1.46. The van der Waals surface area contributed by atoms with Crippen LogP contribution < -0.4 is 0 Å². The summed E-state index contributed by atoms with van der Waals surface area (Å²) in [6.07, 6.45) is 1.78. The molecule has 2 heterocycles. The van der Waals surface area contributed by atoms with Gasteiger partial charge in [-0.05, 0) is 36.4 Å². The molecule has 0 spiro atoms. The predicted octanol–water partition coefficient (Wildman–Crippen LogP) is 2.64. The fraction of sp³-hybridized carbons (Fsp3) is 0.357. The molecule has 1 fully saturated rings. The maximum Gasteiger partial charge on any atom is 0.264 e. The number of aliphatic hydroxyl groups is 1. The van der Waals surface area contributed by atoms with Crippen LogP contribution in [0.1, 0.15) is 22.5 Å². The molecule has 1 aliphatic rings. The lowest BCUT2D eigenvalue weighted by molar-refractivity contribution is 0.0682. The molecule has 3 nitrogen and oxygen atoms in total. The second kappa shape index (κ2) is 4.90. The van der Waals surface area contributed by atoms with Crippen LogP contribution in [-0.4, -0.2) is 35.1 Å². The maximum atomic E-state index is 13.1. The Balaban J connectivity index is 1.93. The number of nitrogens with zero attached hydrogens (tertiary/aromatic N) is 1. The summed E-state index contributed by atoms with van der Waals surface area (Å²) in [7, 11) is 0. The Kier molecular flexibility index (Phi) is 3.24. The Morgan fingerprint density at radius 2 is 2.32 bits per heavy atom. The van der Waals surface area contributed by atoms with Gasteiger partial charge in [-0.15, -0.1) is 11.3 Å². The van der Waals surface area contributed by atoms with Crippen LogP contribution >= 0.6 is 11.3 Å². The average Bonchev–Trinajstić information content (AvgIpc) is 3.03. The first kappa shape index (κ1) is 12.6. The lowest BCUT2D eigenvalue weighted by atomic mass is 10.2. The van der Waals surface area contributed by atoms with Gasteiger partial charge in [0.2, 0.25) is 0 Å². The van der Waals surface area contributed by atoms with Crippen molar-refractivity contribution in [2.24, 2.45) is 0 Å². The zero-order chi connectivity index (χ0) is 13.4. The number of carbonyl (C=O) groups is 1. The van der Waals surface area contributed by atoms with E-state index >= 15 is 0 Å². The van der Waals surface area contributed by atoms with Crippen molar-refractivity contribution in [3.63, 3.8) is 0 Å². The van der Waals surface area contributed by atoms with Crippen molar-refractivity contribution in [3.05, 3.63) is 35.0 Å². The monoisotopic (exact) mass is 279 g/mol. The molecule has 1 unspecified atom stereocenters. The normalized spacial score (nSPS) is 19.3. The summed E-state index contributed by atoms with van der Waals surface area (Å²) in [5.41, 5.74) is 0. The van der Waals surface area contributed by atoms with E-state index in [1.165, 1.54) is 23.5 Å². The van der Waals surface area contributed by atoms with Crippen molar-refractivity contribution >= 4 is 27.3 Å². The molecule has 1 aromatic heterocycles. The van der Waals surface area contributed by atoms with E-state index in [0.717, 1.165) is 22.9 Å². The third kappa shape index (κ3) is 2.24. The van der Waals surface area contributed by atoms with E-state index in [0.29, 0.717) is 11.4 Å². The third-order valence-electron chi connectivity index (χ3n) is 3.54. The van der Waals surface area contributed by atoms with Crippen LogP contribution in [0.3, 0.4) is 0 Å². The molecule has 100 valence electrons. The number of aliphatic hydroxyl groups excluding tert-OH is 1. The quantitative estimate of drug-likeness (QED) is 0.918. The Morgan fingerprint density at radius 1 is 1.47 bits per heavy atom. The van der Waals surface area contributed by atoms with Crippen LogP contribution in [0.15, 0.2) is 24.3 Å². The highest BCUT2D eigenvalue weighted by molar-refractivity contribution is 7.20. The number of halogens is 1. The second-order valence-electron chi connectivity index (χ2n) is 4.77. The zero-order valence-electron chi connectivity index (χ0n) is 10.3. The molecule has 1 aromatic carbocycles. The molecule has 1 atom stereocenters. The van der Waals surface area contributed by atoms with Crippen LogP contribution in [0.4, 0.5) is 4.39 Å². The van der Waals surface area contributed by atoms with Crippen LogP contribution in [0.2, 0.25) is 0 Å². The topological polar surface area (TPSA) is 40.5 Å². The standard InChI is InChI=1S/C14H14FNO2S/c15-10-4-3-9-6-13(19-12(9)7-10)14(18)16-5-1-2-11(16)8-17/h3-4,6-7,11,17H,1-2,5,8H2.